The van der Waals surface area contributed by atoms with Crippen molar-refractivity contribution in [1.82, 2.24) is 10.3 Å². The number of ether oxygens (including phenoxy) is 1. The van der Waals surface area contributed by atoms with Crippen molar-refractivity contribution >= 4 is 0 Å². The third-order valence-electron chi connectivity index (χ3n) is 3.11. The van der Waals surface area contributed by atoms with Gasteiger partial charge in [0.1, 0.15) is 0 Å². The average molecular weight is 288 g/mol. The lowest BCUT2D eigenvalue weighted by molar-refractivity contribution is 0.305. The van der Waals surface area contributed by atoms with Crippen molar-refractivity contribution in [3.63, 3.8) is 0 Å². The molecule has 4 heteroatoms. The van der Waals surface area contributed by atoms with E-state index in [-0.39, 0.29) is 5.82 Å². The number of nitrogens with one attached hydrogen (secondary N) is 1. The van der Waals surface area contributed by atoms with E-state index in [1.807, 2.05) is 18.2 Å². The van der Waals surface area contributed by atoms with Crippen molar-refractivity contribution in [2.45, 2.75) is 32.9 Å². The zero-order chi connectivity index (χ0) is 15.1. The minimum Gasteiger partial charge on any atom is -0.490 e. The zero-order valence-corrected chi connectivity index (χ0v) is 12.5. The van der Waals surface area contributed by atoms with Crippen molar-refractivity contribution in [2.24, 2.45) is 0 Å². The van der Waals surface area contributed by atoms with Gasteiger partial charge in [-0.1, -0.05) is 19.9 Å². The third-order valence-corrected chi connectivity index (χ3v) is 3.11. The molecule has 0 fully saturated rings. The molecule has 0 bridgehead atoms. The maximum absolute atomic E-state index is 13.9. The summed E-state index contributed by atoms with van der Waals surface area (Å²) in [5.74, 6) is -0.00913. The maximum Gasteiger partial charge on any atom is 0.165 e. The molecule has 0 saturated carbocycles. The Bertz CT molecular complexity index is 558. The first kappa shape index (κ1) is 15.4. The van der Waals surface area contributed by atoms with E-state index in [1.54, 1.807) is 18.5 Å². The normalized spacial score (nSPS) is 10.9. The summed E-state index contributed by atoms with van der Waals surface area (Å²) in [6.45, 7) is 5.23. The highest BCUT2D eigenvalue weighted by Gasteiger charge is 2.05. The van der Waals surface area contributed by atoms with E-state index in [2.05, 4.69) is 24.1 Å². The second kappa shape index (κ2) is 7.74. The van der Waals surface area contributed by atoms with Crippen LogP contribution < -0.4 is 10.1 Å². The number of hydrogen-bond acceptors (Lipinski definition) is 3. The molecule has 0 aliphatic heterocycles. The lowest BCUT2D eigenvalue weighted by Crippen LogP contribution is -2.21. The van der Waals surface area contributed by atoms with E-state index in [0.717, 1.165) is 17.5 Å². The van der Waals surface area contributed by atoms with E-state index in [0.29, 0.717) is 24.9 Å². The molecule has 0 aliphatic carbocycles. The van der Waals surface area contributed by atoms with Crippen LogP contribution >= 0.6 is 0 Å². The van der Waals surface area contributed by atoms with E-state index >= 15 is 0 Å². The highest BCUT2D eigenvalue weighted by Crippen LogP contribution is 2.18. The molecule has 0 atom stereocenters. The van der Waals surface area contributed by atoms with Crippen LogP contribution in [0.5, 0.6) is 5.75 Å². The van der Waals surface area contributed by atoms with Gasteiger partial charge in [-0.25, -0.2) is 4.39 Å². The predicted molar refractivity (Wildman–Crippen MR) is 81.8 cm³/mol. The van der Waals surface area contributed by atoms with Crippen LogP contribution in [0, 0.1) is 5.82 Å². The fourth-order valence-corrected chi connectivity index (χ4v) is 1.92. The predicted octanol–water partition coefficient (Wildman–Crippen LogP) is 3.34. The van der Waals surface area contributed by atoms with Gasteiger partial charge in [0.05, 0.1) is 6.61 Å². The average Bonchev–Trinajstić information content (AvgIpc) is 2.48. The quantitative estimate of drug-likeness (QED) is 0.848. The fraction of sp³-hybridized carbons (Fsp3) is 0.353. The number of rotatable bonds is 7. The van der Waals surface area contributed by atoms with Gasteiger partial charge in [0.15, 0.2) is 11.6 Å². The van der Waals surface area contributed by atoms with E-state index in [9.17, 15) is 4.39 Å². The van der Waals surface area contributed by atoms with Gasteiger partial charge in [0.25, 0.3) is 0 Å². The molecule has 0 spiro atoms. The van der Waals surface area contributed by atoms with Gasteiger partial charge < -0.3 is 10.1 Å². The van der Waals surface area contributed by atoms with Gasteiger partial charge in [0, 0.05) is 31.4 Å². The van der Waals surface area contributed by atoms with Crippen molar-refractivity contribution in [3.8, 4) is 5.75 Å². The second-order valence-corrected chi connectivity index (χ2v) is 5.25. The molecular formula is C17H21FN2O. The Hall–Kier alpha value is -1.94. The largest absolute Gasteiger partial charge is 0.490 e. The topological polar surface area (TPSA) is 34.1 Å². The Kier molecular flexibility index (Phi) is 5.69. The number of hydrogen-bond donors (Lipinski definition) is 1. The molecule has 1 heterocycles. The number of aromatic nitrogens is 1. The van der Waals surface area contributed by atoms with Gasteiger partial charge in [0.2, 0.25) is 0 Å². The summed E-state index contributed by atoms with van der Waals surface area (Å²) in [6.07, 6.45) is 4.22. The summed E-state index contributed by atoms with van der Waals surface area (Å²) < 4.78 is 19.4. The number of pyridine rings is 1. The molecule has 2 aromatic rings. The first-order chi connectivity index (χ1) is 10.1. The van der Waals surface area contributed by atoms with E-state index in [4.69, 9.17) is 4.74 Å². The Morgan fingerprint density at radius 3 is 2.57 bits per heavy atom. The Morgan fingerprint density at radius 2 is 1.90 bits per heavy atom. The van der Waals surface area contributed by atoms with Gasteiger partial charge in [-0.15, -0.1) is 0 Å². The smallest absolute Gasteiger partial charge is 0.165 e. The minimum absolute atomic E-state index is 0.303. The molecule has 2 rings (SSSR count). The monoisotopic (exact) mass is 288 g/mol. The summed E-state index contributed by atoms with van der Waals surface area (Å²) in [5, 5.41) is 3.26. The Balaban J connectivity index is 1.86. The van der Waals surface area contributed by atoms with Crippen LogP contribution in [0.1, 0.15) is 25.0 Å². The molecule has 1 aromatic carbocycles. The summed E-state index contributed by atoms with van der Waals surface area (Å²) in [5.41, 5.74) is 2.05. The van der Waals surface area contributed by atoms with Crippen molar-refractivity contribution < 1.29 is 9.13 Å². The zero-order valence-electron chi connectivity index (χ0n) is 12.5. The fourth-order valence-electron chi connectivity index (χ4n) is 1.92. The van der Waals surface area contributed by atoms with Crippen LogP contribution in [-0.2, 0) is 13.0 Å². The lowest BCUT2D eigenvalue weighted by atomic mass is 10.2. The van der Waals surface area contributed by atoms with Crippen LogP contribution in [0.25, 0.3) is 0 Å². The Morgan fingerprint density at radius 1 is 1.14 bits per heavy atom. The Labute approximate surface area is 125 Å². The molecule has 3 nitrogen and oxygen atoms in total. The SMILES string of the molecule is CC(C)NCc1ccc(OCCc2ccncc2)c(F)c1. The summed E-state index contributed by atoms with van der Waals surface area (Å²) in [6, 6.07) is 9.35. The molecular weight excluding hydrogens is 267 g/mol. The van der Waals surface area contributed by atoms with Crippen molar-refractivity contribution in [2.75, 3.05) is 6.61 Å². The summed E-state index contributed by atoms with van der Waals surface area (Å²) in [4.78, 5) is 3.96. The third kappa shape index (κ3) is 5.16. The lowest BCUT2D eigenvalue weighted by Gasteiger charge is -2.11. The summed E-state index contributed by atoms with van der Waals surface area (Å²) >= 11 is 0. The first-order valence-electron chi connectivity index (χ1n) is 7.18. The van der Waals surface area contributed by atoms with E-state index in [1.165, 1.54) is 6.07 Å². The maximum atomic E-state index is 13.9. The van der Waals surface area contributed by atoms with Crippen LogP contribution in [-0.4, -0.2) is 17.6 Å². The van der Waals surface area contributed by atoms with Crippen molar-refractivity contribution in [3.05, 3.63) is 59.7 Å². The molecule has 0 amide bonds. The van der Waals surface area contributed by atoms with Crippen LogP contribution in [0.15, 0.2) is 42.7 Å². The van der Waals surface area contributed by atoms with Crippen LogP contribution in [0.2, 0.25) is 0 Å². The molecule has 0 saturated heterocycles. The van der Waals surface area contributed by atoms with Crippen molar-refractivity contribution in [1.29, 1.82) is 0 Å². The molecule has 112 valence electrons. The highest BCUT2D eigenvalue weighted by atomic mass is 19.1. The van der Waals surface area contributed by atoms with Crippen LogP contribution in [0.4, 0.5) is 4.39 Å². The van der Waals surface area contributed by atoms with Crippen LogP contribution in [0.3, 0.4) is 0 Å². The molecule has 1 aromatic heterocycles. The molecule has 21 heavy (non-hydrogen) atoms. The minimum atomic E-state index is -0.312. The molecule has 1 N–H and O–H groups in total. The number of halogens is 1. The first-order valence-corrected chi connectivity index (χ1v) is 7.18. The second-order valence-electron chi connectivity index (χ2n) is 5.25. The molecule has 0 aliphatic rings. The molecule has 0 radical (unpaired) electrons. The number of benzene rings is 1. The summed E-state index contributed by atoms with van der Waals surface area (Å²) in [7, 11) is 0. The van der Waals surface area contributed by atoms with Gasteiger partial charge in [-0.05, 0) is 35.4 Å². The molecule has 0 unspecified atom stereocenters. The standard InChI is InChI=1S/C17H21FN2O/c1-13(2)20-12-15-3-4-17(16(18)11-15)21-10-7-14-5-8-19-9-6-14/h3-6,8-9,11,13,20H,7,10,12H2,1-2H3. The number of nitrogens with zero attached hydrogens (tertiary/aromatic N) is 1. The van der Waals surface area contributed by atoms with Gasteiger partial charge in [-0.3, -0.25) is 4.98 Å². The van der Waals surface area contributed by atoms with E-state index < -0.39 is 0 Å². The van der Waals surface area contributed by atoms with Gasteiger partial charge in [-0.2, -0.15) is 0 Å². The van der Waals surface area contributed by atoms with Gasteiger partial charge >= 0.3 is 0 Å². The highest BCUT2D eigenvalue weighted by molar-refractivity contribution is 5.29.